The summed E-state index contributed by atoms with van der Waals surface area (Å²) < 4.78 is 32.2. The molecule has 2 aromatic carbocycles. The van der Waals surface area contributed by atoms with Gasteiger partial charge in [-0.2, -0.15) is 0 Å². The topological polar surface area (TPSA) is 76.4 Å². The van der Waals surface area contributed by atoms with Crippen molar-refractivity contribution in [1.82, 2.24) is 4.72 Å². The van der Waals surface area contributed by atoms with Crippen LogP contribution in [0.5, 0.6) is 0 Å². The van der Waals surface area contributed by atoms with Crippen molar-refractivity contribution in [3.8, 4) is 0 Å². The van der Waals surface area contributed by atoms with Crippen LogP contribution in [-0.4, -0.2) is 14.3 Å². The average Bonchev–Trinajstić information content (AvgIpc) is 2.97. The number of hydrogen-bond acceptors (Lipinski definition) is 4. The summed E-state index contributed by atoms with van der Waals surface area (Å²) in [6, 6.07) is 13.0. The van der Waals surface area contributed by atoms with E-state index in [-0.39, 0.29) is 15.7 Å². The van der Waals surface area contributed by atoms with Crippen LogP contribution in [0.25, 0.3) is 11.0 Å². The van der Waals surface area contributed by atoms with Gasteiger partial charge in [0, 0.05) is 5.39 Å². The van der Waals surface area contributed by atoms with Gasteiger partial charge in [0.25, 0.3) is 10.0 Å². The van der Waals surface area contributed by atoms with E-state index >= 15 is 0 Å². The second-order valence-electron chi connectivity index (χ2n) is 5.93. The lowest BCUT2D eigenvalue weighted by molar-refractivity contribution is 0.0956. The molecule has 0 saturated heterocycles. The van der Waals surface area contributed by atoms with E-state index in [9.17, 15) is 13.2 Å². The third kappa shape index (κ3) is 3.55. The largest absolute Gasteiger partial charge is 0.451 e. The minimum Gasteiger partial charge on any atom is -0.451 e. The van der Waals surface area contributed by atoms with Crippen LogP contribution in [0.4, 0.5) is 0 Å². The molecule has 1 aromatic heterocycles. The van der Waals surface area contributed by atoms with Gasteiger partial charge >= 0.3 is 5.91 Å². The van der Waals surface area contributed by atoms with Gasteiger partial charge in [-0.25, -0.2) is 13.1 Å². The van der Waals surface area contributed by atoms with Crippen molar-refractivity contribution in [3.05, 3.63) is 64.9 Å². The molecule has 3 rings (SSSR count). The third-order valence-electron chi connectivity index (χ3n) is 3.79. The van der Waals surface area contributed by atoms with Crippen LogP contribution in [0.2, 0.25) is 5.02 Å². The third-order valence-corrected chi connectivity index (χ3v) is 5.62. The Balaban J connectivity index is 1.91. The molecule has 0 unspecified atom stereocenters. The van der Waals surface area contributed by atoms with Crippen LogP contribution in [-0.2, 0) is 10.0 Å². The van der Waals surface area contributed by atoms with Crippen molar-refractivity contribution in [3.63, 3.8) is 0 Å². The first-order chi connectivity index (χ1) is 11.8. The van der Waals surface area contributed by atoms with Crippen LogP contribution in [0.3, 0.4) is 0 Å². The van der Waals surface area contributed by atoms with E-state index in [2.05, 4.69) is 0 Å². The van der Waals surface area contributed by atoms with E-state index in [1.165, 1.54) is 24.3 Å². The number of hydrogen-bond donors (Lipinski definition) is 1. The highest BCUT2D eigenvalue weighted by Gasteiger charge is 2.23. The number of amides is 1. The van der Waals surface area contributed by atoms with Crippen molar-refractivity contribution < 1.29 is 17.6 Å². The minimum absolute atomic E-state index is 0.0361. The molecule has 5 nitrogen and oxygen atoms in total. The minimum atomic E-state index is -4.09. The lowest BCUT2D eigenvalue weighted by atomic mass is 10.0. The molecule has 0 bridgehead atoms. The Morgan fingerprint density at radius 1 is 1.12 bits per heavy atom. The van der Waals surface area contributed by atoms with Gasteiger partial charge in [0.15, 0.2) is 5.76 Å². The summed E-state index contributed by atoms with van der Waals surface area (Å²) >= 11 is 5.90. The van der Waals surface area contributed by atoms with Crippen molar-refractivity contribution >= 4 is 38.5 Å². The van der Waals surface area contributed by atoms with Gasteiger partial charge < -0.3 is 4.42 Å². The highest BCUT2D eigenvalue weighted by atomic mass is 35.5. The summed E-state index contributed by atoms with van der Waals surface area (Å²) in [5, 5.41) is 0.763. The van der Waals surface area contributed by atoms with Gasteiger partial charge in [-0.3, -0.25) is 4.79 Å². The Kier molecular flexibility index (Phi) is 4.58. The molecule has 7 heteroatoms. The van der Waals surface area contributed by atoms with E-state index in [0.29, 0.717) is 11.5 Å². The number of fused-ring (bicyclic) bond motifs is 1. The maximum atomic E-state index is 12.3. The van der Waals surface area contributed by atoms with Gasteiger partial charge in [0.05, 0.1) is 5.02 Å². The molecule has 0 aliphatic carbocycles. The molecule has 0 radical (unpaired) electrons. The molecule has 0 aliphatic heterocycles. The van der Waals surface area contributed by atoms with Crippen LogP contribution in [0.1, 0.15) is 35.9 Å². The van der Waals surface area contributed by atoms with Crippen molar-refractivity contribution in [2.45, 2.75) is 24.7 Å². The van der Waals surface area contributed by atoms with Crippen molar-refractivity contribution in [2.24, 2.45) is 0 Å². The molecular weight excluding hydrogens is 362 g/mol. The second kappa shape index (κ2) is 6.54. The second-order valence-corrected chi connectivity index (χ2v) is 7.99. The van der Waals surface area contributed by atoms with E-state index in [0.717, 1.165) is 10.9 Å². The lowest BCUT2D eigenvalue weighted by Gasteiger charge is -2.06. The fraction of sp³-hybridized carbons (Fsp3) is 0.167. The fourth-order valence-electron chi connectivity index (χ4n) is 2.41. The number of rotatable bonds is 4. The van der Waals surface area contributed by atoms with Gasteiger partial charge in [-0.15, -0.1) is 0 Å². The fourth-order valence-corrected chi connectivity index (χ4v) is 3.89. The zero-order valence-corrected chi connectivity index (χ0v) is 15.2. The van der Waals surface area contributed by atoms with Crippen LogP contribution in [0, 0.1) is 0 Å². The Morgan fingerprint density at radius 3 is 2.52 bits per heavy atom. The number of nitrogens with one attached hydrogen (secondary N) is 1. The summed E-state index contributed by atoms with van der Waals surface area (Å²) in [5.41, 5.74) is 1.60. The standard InChI is InChI=1S/C18H16ClNO4S/c1-11(2)12-7-8-13-10-16(24-15(13)9-12)18(21)20-25(22,23)17-6-4-3-5-14(17)19/h3-11H,1-2H3,(H,20,21). The Bertz CT molecular complexity index is 1050. The SMILES string of the molecule is CC(C)c1ccc2cc(C(=O)NS(=O)(=O)c3ccccc3Cl)oc2c1. The van der Waals surface area contributed by atoms with Crippen LogP contribution in [0.15, 0.2) is 57.8 Å². The highest BCUT2D eigenvalue weighted by molar-refractivity contribution is 7.90. The number of carbonyl (C=O) groups excluding carboxylic acids is 1. The first kappa shape index (κ1) is 17.5. The highest BCUT2D eigenvalue weighted by Crippen LogP contribution is 2.25. The van der Waals surface area contributed by atoms with Crippen LogP contribution >= 0.6 is 11.6 Å². The molecule has 1 amide bonds. The molecular formula is C18H16ClNO4S. The number of halogens is 1. The molecule has 1 N–H and O–H groups in total. The normalized spacial score (nSPS) is 11.8. The molecule has 3 aromatic rings. The maximum Gasteiger partial charge on any atom is 0.300 e. The van der Waals surface area contributed by atoms with Gasteiger partial charge in [0.1, 0.15) is 10.5 Å². The molecule has 0 fully saturated rings. The average molecular weight is 378 g/mol. The maximum absolute atomic E-state index is 12.3. The molecule has 1 heterocycles. The predicted molar refractivity (Wildman–Crippen MR) is 96.4 cm³/mol. The van der Waals surface area contributed by atoms with Crippen molar-refractivity contribution in [1.29, 1.82) is 0 Å². The van der Waals surface area contributed by atoms with Gasteiger partial charge in [-0.05, 0) is 35.7 Å². The Morgan fingerprint density at radius 2 is 1.84 bits per heavy atom. The van der Waals surface area contributed by atoms with E-state index < -0.39 is 15.9 Å². The zero-order valence-electron chi connectivity index (χ0n) is 13.6. The molecule has 0 saturated carbocycles. The molecule has 0 spiro atoms. The predicted octanol–water partition coefficient (Wildman–Crippen LogP) is 4.33. The molecule has 0 atom stereocenters. The number of sulfonamides is 1. The quantitative estimate of drug-likeness (QED) is 0.734. The van der Waals surface area contributed by atoms with Gasteiger partial charge in [-0.1, -0.05) is 49.7 Å². The van der Waals surface area contributed by atoms with Crippen molar-refractivity contribution in [2.75, 3.05) is 0 Å². The molecule has 130 valence electrons. The first-order valence-corrected chi connectivity index (χ1v) is 9.49. The van der Waals surface area contributed by atoms with Crippen LogP contribution < -0.4 is 4.72 Å². The number of furan rings is 1. The molecule has 25 heavy (non-hydrogen) atoms. The summed E-state index contributed by atoms with van der Waals surface area (Å²) in [6.07, 6.45) is 0. The van der Waals surface area contributed by atoms with E-state index in [1.807, 2.05) is 36.8 Å². The van der Waals surface area contributed by atoms with Gasteiger partial charge in [0.2, 0.25) is 0 Å². The Hall–Kier alpha value is -2.31. The molecule has 0 aliphatic rings. The number of carbonyl (C=O) groups is 1. The zero-order chi connectivity index (χ0) is 18.2. The van der Waals surface area contributed by atoms with E-state index in [4.69, 9.17) is 16.0 Å². The lowest BCUT2D eigenvalue weighted by Crippen LogP contribution is -2.30. The van der Waals surface area contributed by atoms with E-state index in [1.54, 1.807) is 6.07 Å². The number of benzene rings is 2. The first-order valence-electron chi connectivity index (χ1n) is 7.63. The summed E-state index contributed by atoms with van der Waals surface area (Å²) in [4.78, 5) is 12.1. The Labute approximate surface area is 150 Å². The monoisotopic (exact) mass is 377 g/mol. The summed E-state index contributed by atoms with van der Waals surface area (Å²) in [5.74, 6) is -0.610. The summed E-state index contributed by atoms with van der Waals surface area (Å²) in [6.45, 7) is 4.10. The summed E-state index contributed by atoms with van der Waals surface area (Å²) in [7, 11) is -4.09. The smallest absolute Gasteiger partial charge is 0.300 e.